The van der Waals surface area contributed by atoms with Gasteiger partial charge in [-0.05, 0) is 85.3 Å². The van der Waals surface area contributed by atoms with Crippen LogP contribution >= 0.6 is 0 Å². The molecule has 5 aromatic rings. The molecule has 0 spiro atoms. The lowest BCUT2D eigenvalue weighted by atomic mass is 9.98. The standard InChI is InChI=1S/C45H49N11O5/c1-3-17-55-43(60)35-23-46-44(50-40(35)56(55)37-13-5-29-15-16-45(61,4-2)39(29)48-37)47-31-6-8-32(9-7-31)53-25-28(26-53)24-51-18-20-52(21-19-51)33-10-11-34-30(22-33)27-54(42(34)59)36-12-14-38(57)49-41(36)58/h3,5-11,13,22-23,28,36,61H,1,4,12,14-21,24-27H2,2H3,(H,46,47,50)(H,49,57,58)/t36?,45-/m1/s1. The van der Waals surface area contributed by atoms with Crippen LogP contribution in [0, 0.1) is 5.92 Å². The van der Waals surface area contributed by atoms with E-state index in [0.717, 1.165) is 80.4 Å². The molecule has 61 heavy (non-hydrogen) atoms. The lowest BCUT2D eigenvalue weighted by Gasteiger charge is -2.45. The quantitative estimate of drug-likeness (QED) is 0.131. The van der Waals surface area contributed by atoms with Crippen molar-refractivity contribution in [3.05, 3.63) is 106 Å². The second-order valence-corrected chi connectivity index (χ2v) is 17.0. The second kappa shape index (κ2) is 15.3. The zero-order valence-corrected chi connectivity index (χ0v) is 34.2. The minimum atomic E-state index is -0.996. The van der Waals surface area contributed by atoms with E-state index in [2.05, 4.69) is 55.1 Å². The van der Waals surface area contributed by atoms with Gasteiger partial charge >= 0.3 is 0 Å². The molecule has 0 saturated carbocycles. The van der Waals surface area contributed by atoms with E-state index in [9.17, 15) is 24.3 Å². The van der Waals surface area contributed by atoms with Gasteiger partial charge in [-0.2, -0.15) is 4.98 Å². The summed E-state index contributed by atoms with van der Waals surface area (Å²) in [6.45, 7) is 13.2. The number of carbonyl (C=O) groups is 3. The van der Waals surface area contributed by atoms with Crippen molar-refractivity contribution < 1.29 is 19.5 Å². The van der Waals surface area contributed by atoms with Crippen molar-refractivity contribution in [3.63, 3.8) is 0 Å². The molecule has 10 rings (SSSR count). The largest absolute Gasteiger partial charge is 0.384 e. The number of imide groups is 1. The first-order valence-corrected chi connectivity index (χ1v) is 21.3. The highest BCUT2D eigenvalue weighted by atomic mass is 16.3. The minimum Gasteiger partial charge on any atom is -0.384 e. The Morgan fingerprint density at radius 2 is 1.72 bits per heavy atom. The molecule has 1 aliphatic carbocycles. The molecule has 314 valence electrons. The number of nitrogens with zero attached hydrogens (tertiary/aromatic N) is 9. The predicted molar refractivity (Wildman–Crippen MR) is 230 cm³/mol. The Balaban J connectivity index is 0.740. The van der Waals surface area contributed by atoms with E-state index in [1.807, 2.05) is 43.3 Å². The van der Waals surface area contributed by atoms with Gasteiger partial charge in [0, 0.05) is 93.5 Å². The highest BCUT2D eigenvalue weighted by molar-refractivity contribution is 6.05. The highest BCUT2D eigenvalue weighted by Gasteiger charge is 2.40. The van der Waals surface area contributed by atoms with Crippen LogP contribution in [0.15, 0.2) is 78.2 Å². The normalized spacial score (nSPS) is 21.8. The van der Waals surface area contributed by atoms with Gasteiger partial charge in [-0.3, -0.25) is 29.4 Å². The summed E-state index contributed by atoms with van der Waals surface area (Å²) in [5.74, 6) is 0.614. The molecule has 3 aromatic heterocycles. The lowest BCUT2D eigenvalue weighted by Crippen LogP contribution is -2.55. The molecular formula is C45H49N11O5. The van der Waals surface area contributed by atoms with E-state index < -0.39 is 11.6 Å². The van der Waals surface area contributed by atoms with E-state index in [0.29, 0.717) is 65.8 Å². The lowest BCUT2D eigenvalue weighted by molar-refractivity contribution is -0.136. The number of allylic oxidation sites excluding steroid dienone is 1. The SMILES string of the molecule is C=CCn1c(=O)c2cnc(Nc3ccc(N4CC(CN5CCN(c6ccc7c(c6)CN(C6CCC(=O)NC6=O)C7=O)CC5)C4)cc3)nc2n1-c1ccc2c(n1)[C@@](O)(CC)CC2. The van der Waals surface area contributed by atoms with Crippen LogP contribution < -0.4 is 26.0 Å². The third kappa shape index (κ3) is 6.92. The van der Waals surface area contributed by atoms with E-state index in [1.165, 1.54) is 0 Å². The van der Waals surface area contributed by atoms with Gasteiger partial charge in [-0.15, -0.1) is 6.58 Å². The molecule has 3 fully saturated rings. The smallest absolute Gasteiger partial charge is 0.278 e. The van der Waals surface area contributed by atoms with Gasteiger partial charge in [0.1, 0.15) is 17.0 Å². The third-order valence-corrected chi connectivity index (χ3v) is 13.2. The topological polar surface area (TPSA) is 174 Å². The monoisotopic (exact) mass is 823 g/mol. The maximum absolute atomic E-state index is 13.5. The summed E-state index contributed by atoms with van der Waals surface area (Å²) in [5.41, 5.74) is 5.49. The number of amides is 3. The number of aliphatic hydroxyl groups is 1. The molecule has 16 nitrogen and oxygen atoms in total. The van der Waals surface area contributed by atoms with Crippen molar-refractivity contribution in [2.75, 3.05) is 60.9 Å². The van der Waals surface area contributed by atoms with Gasteiger partial charge in [0.25, 0.3) is 11.5 Å². The molecule has 7 heterocycles. The number of piperidine rings is 1. The van der Waals surface area contributed by atoms with Gasteiger partial charge in [0.2, 0.25) is 17.8 Å². The molecule has 2 aromatic carbocycles. The first kappa shape index (κ1) is 38.8. The molecule has 3 amide bonds. The van der Waals surface area contributed by atoms with Crippen LogP contribution in [-0.2, 0) is 34.7 Å². The number of aromatic nitrogens is 5. The van der Waals surface area contributed by atoms with E-state index in [4.69, 9.17) is 9.97 Å². The van der Waals surface area contributed by atoms with Crippen LogP contribution in [0.25, 0.3) is 16.9 Å². The summed E-state index contributed by atoms with van der Waals surface area (Å²) < 4.78 is 3.24. The number of fused-ring (bicyclic) bond motifs is 3. The maximum atomic E-state index is 13.5. The van der Waals surface area contributed by atoms with Gasteiger partial charge in [0.15, 0.2) is 11.5 Å². The Morgan fingerprint density at radius 1 is 0.934 bits per heavy atom. The number of aryl methyl sites for hydroxylation is 1. The van der Waals surface area contributed by atoms with Crippen molar-refractivity contribution in [1.82, 2.24) is 39.4 Å². The van der Waals surface area contributed by atoms with Gasteiger partial charge in [-0.1, -0.05) is 19.1 Å². The Kier molecular flexibility index (Phi) is 9.70. The van der Waals surface area contributed by atoms with Crippen LogP contribution in [-0.4, -0.2) is 109 Å². The van der Waals surface area contributed by atoms with Crippen LogP contribution in [0.4, 0.5) is 23.0 Å². The fourth-order valence-electron chi connectivity index (χ4n) is 9.71. The molecule has 16 heteroatoms. The van der Waals surface area contributed by atoms with Gasteiger partial charge < -0.3 is 25.1 Å². The molecule has 3 N–H and O–H groups in total. The summed E-state index contributed by atoms with van der Waals surface area (Å²) in [7, 11) is 0. The molecule has 0 bridgehead atoms. The van der Waals surface area contributed by atoms with Crippen LogP contribution in [0.3, 0.4) is 0 Å². The summed E-state index contributed by atoms with van der Waals surface area (Å²) in [6, 6.07) is 17.5. The third-order valence-electron chi connectivity index (χ3n) is 13.2. The molecular weight excluding hydrogens is 775 g/mol. The number of benzene rings is 2. The van der Waals surface area contributed by atoms with Crippen molar-refractivity contribution in [3.8, 4) is 5.82 Å². The predicted octanol–water partition coefficient (Wildman–Crippen LogP) is 3.47. The molecule has 1 unspecified atom stereocenters. The molecule has 2 atom stereocenters. The molecule has 4 aliphatic heterocycles. The first-order valence-electron chi connectivity index (χ1n) is 21.3. The molecule has 0 radical (unpaired) electrons. The minimum absolute atomic E-state index is 0.145. The zero-order chi connectivity index (χ0) is 42.0. The van der Waals surface area contributed by atoms with Crippen molar-refractivity contribution >= 4 is 51.8 Å². The van der Waals surface area contributed by atoms with E-state index in [-0.39, 0.29) is 36.2 Å². The average molecular weight is 824 g/mol. The number of piperazine rings is 1. The van der Waals surface area contributed by atoms with Crippen molar-refractivity contribution in [2.45, 2.75) is 63.8 Å². The Labute approximate surface area is 352 Å². The van der Waals surface area contributed by atoms with Gasteiger partial charge in [0.05, 0.1) is 12.2 Å². The molecule has 5 aliphatic rings. The van der Waals surface area contributed by atoms with E-state index >= 15 is 0 Å². The van der Waals surface area contributed by atoms with E-state index in [1.54, 1.807) is 26.5 Å². The average Bonchev–Trinajstić information content (AvgIpc) is 3.87. The second-order valence-electron chi connectivity index (χ2n) is 17.0. The van der Waals surface area contributed by atoms with Crippen LogP contribution in [0.2, 0.25) is 0 Å². The van der Waals surface area contributed by atoms with Crippen molar-refractivity contribution in [2.24, 2.45) is 5.92 Å². The Bertz CT molecular complexity index is 2640. The number of hydrogen-bond acceptors (Lipinski definition) is 12. The number of pyridine rings is 1. The fraction of sp³-hybridized carbons (Fsp3) is 0.400. The number of anilines is 4. The summed E-state index contributed by atoms with van der Waals surface area (Å²) in [5, 5.41) is 17.3. The first-order chi connectivity index (χ1) is 29.6. The summed E-state index contributed by atoms with van der Waals surface area (Å²) in [4.78, 5) is 73.9. The number of carbonyl (C=O) groups excluding carboxylic acids is 3. The van der Waals surface area contributed by atoms with Gasteiger partial charge in [-0.25, -0.2) is 19.3 Å². The van der Waals surface area contributed by atoms with Crippen molar-refractivity contribution in [1.29, 1.82) is 0 Å². The maximum Gasteiger partial charge on any atom is 0.278 e. The number of nitrogens with one attached hydrogen (secondary N) is 2. The highest BCUT2D eigenvalue weighted by Crippen LogP contribution is 2.39. The van der Waals surface area contributed by atoms with Crippen LogP contribution in [0.5, 0.6) is 0 Å². The molecule has 3 saturated heterocycles. The summed E-state index contributed by atoms with van der Waals surface area (Å²) in [6.07, 6.45) is 5.74. The summed E-state index contributed by atoms with van der Waals surface area (Å²) >= 11 is 0. The Morgan fingerprint density at radius 3 is 2.48 bits per heavy atom. The number of hydrogen-bond donors (Lipinski definition) is 3. The zero-order valence-electron chi connectivity index (χ0n) is 34.2. The van der Waals surface area contributed by atoms with Crippen LogP contribution in [0.1, 0.15) is 59.8 Å². The fourth-order valence-corrected chi connectivity index (χ4v) is 9.71. The number of rotatable bonds is 11. The Hall–Kier alpha value is -6.39.